The van der Waals surface area contributed by atoms with Gasteiger partial charge in [-0.05, 0) is 68.1 Å². The van der Waals surface area contributed by atoms with Crippen LogP contribution in [0.2, 0.25) is 0 Å². The molecule has 0 radical (unpaired) electrons. The third kappa shape index (κ3) is 5.68. The summed E-state index contributed by atoms with van der Waals surface area (Å²) in [5.74, 6) is 3.08. The summed E-state index contributed by atoms with van der Waals surface area (Å²) in [6.45, 7) is 4.24. The molecule has 3 aromatic heterocycles. The van der Waals surface area contributed by atoms with Crippen LogP contribution in [0.25, 0.3) is 33.3 Å². The number of para-hydroxylation sites is 1. The molecule has 2 fully saturated rings. The molecule has 6 aromatic rings. The highest BCUT2D eigenvalue weighted by Crippen LogP contribution is 2.38. The zero-order chi connectivity index (χ0) is 32.6. The number of benzene rings is 3. The quantitative estimate of drug-likeness (QED) is 0.210. The largest absolute Gasteiger partial charge is 0.497 e. The Morgan fingerprint density at radius 1 is 0.854 bits per heavy atom. The van der Waals surface area contributed by atoms with Crippen LogP contribution in [-0.2, 0) is 6.42 Å². The van der Waals surface area contributed by atoms with E-state index in [1.807, 2.05) is 30.3 Å². The number of nitrogens with zero attached hydrogens (tertiary/aromatic N) is 7. The fourth-order valence-corrected chi connectivity index (χ4v) is 7.58. The van der Waals surface area contributed by atoms with Crippen molar-refractivity contribution in [1.82, 2.24) is 34.6 Å². The Kier molecular flexibility index (Phi) is 8.05. The predicted octanol–water partition coefficient (Wildman–Crippen LogP) is 5.87. The van der Waals surface area contributed by atoms with E-state index in [0.717, 1.165) is 108 Å². The third-order valence-corrected chi connectivity index (χ3v) is 10.2. The minimum Gasteiger partial charge on any atom is -0.497 e. The molecule has 4 heterocycles. The van der Waals surface area contributed by atoms with E-state index in [-0.39, 0.29) is 6.04 Å². The highest BCUT2D eigenvalue weighted by Gasteiger charge is 2.31. The van der Waals surface area contributed by atoms with Crippen molar-refractivity contribution < 1.29 is 9.47 Å². The van der Waals surface area contributed by atoms with Crippen LogP contribution in [-0.4, -0.2) is 81.1 Å². The average Bonchev–Trinajstić information content (AvgIpc) is 3.74. The van der Waals surface area contributed by atoms with Crippen molar-refractivity contribution in [2.45, 2.75) is 44.2 Å². The molecular formula is C37H41N9O2. The van der Waals surface area contributed by atoms with Crippen LogP contribution in [0.3, 0.4) is 0 Å². The number of nitrogen functional groups attached to an aromatic ring is 1. The van der Waals surface area contributed by atoms with Gasteiger partial charge in [0.25, 0.3) is 0 Å². The number of imidazole rings is 1. The van der Waals surface area contributed by atoms with E-state index >= 15 is 0 Å². The first-order chi connectivity index (χ1) is 23.6. The first-order valence-corrected chi connectivity index (χ1v) is 16.8. The monoisotopic (exact) mass is 643 g/mol. The molecule has 2 aliphatic rings. The molecule has 11 nitrogen and oxygen atoms in total. The second kappa shape index (κ2) is 12.8. The van der Waals surface area contributed by atoms with Gasteiger partial charge >= 0.3 is 0 Å². The number of aromatic amines is 1. The lowest BCUT2D eigenvalue weighted by molar-refractivity contribution is 0.129. The van der Waals surface area contributed by atoms with Gasteiger partial charge in [-0.25, -0.2) is 19.6 Å². The number of H-pyrrole nitrogens is 1. The summed E-state index contributed by atoms with van der Waals surface area (Å²) < 4.78 is 13.0. The molecule has 48 heavy (non-hydrogen) atoms. The zero-order valence-corrected chi connectivity index (χ0v) is 27.5. The van der Waals surface area contributed by atoms with Gasteiger partial charge in [0, 0.05) is 55.5 Å². The van der Waals surface area contributed by atoms with Crippen molar-refractivity contribution in [3.8, 4) is 22.8 Å². The SMILES string of the molecule is COc1ccc(N2CCN(C3CCC(n4nc(-c5ccc6[nH]c(Cc7ccccc7OC)nc6c5)c5c(N)ncnc54)CC3)CC2)cc1. The topological polar surface area (TPSA) is 123 Å². The maximum Gasteiger partial charge on any atom is 0.164 e. The molecule has 1 aliphatic carbocycles. The highest BCUT2D eigenvalue weighted by atomic mass is 16.5. The Labute approximate surface area is 279 Å². The number of nitrogens with two attached hydrogens (primary N) is 1. The number of hydrogen-bond acceptors (Lipinski definition) is 9. The lowest BCUT2D eigenvalue weighted by Gasteiger charge is -2.42. The van der Waals surface area contributed by atoms with E-state index < -0.39 is 0 Å². The van der Waals surface area contributed by atoms with Gasteiger partial charge < -0.3 is 25.1 Å². The Morgan fingerprint density at radius 2 is 1.62 bits per heavy atom. The molecule has 0 atom stereocenters. The maximum atomic E-state index is 6.50. The van der Waals surface area contributed by atoms with Crippen LogP contribution >= 0.6 is 0 Å². The normalized spacial score (nSPS) is 18.8. The molecule has 0 amide bonds. The number of anilines is 2. The van der Waals surface area contributed by atoms with E-state index in [9.17, 15) is 0 Å². The summed E-state index contributed by atoms with van der Waals surface area (Å²) in [6.07, 6.45) is 6.57. The molecule has 3 N–H and O–H groups in total. The minimum absolute atomic E-state index is 0.258. The Hall–Kier alpha value is -5.16. The summed E-state index contributed by atoms with van der Waals surface area (Å²) >= 11 is 0. The van der Waals surface area contributed by atoms with Crippen molar-refractivity contribution in [3.63, 3.8) is 0 Å². The molecule has 1 aliphatic heterocycles. The van der Waals surface area contributed by atoms with Crippen LogP contribution in [0.1, 0.15) is 43.1 Å². The van der Waals surface area contributed by atoms with E-state index in [2.05, 4.69) is 60.8 Å². The predicted molar refractivity (Wildman–Crippen MR) is 189 cm³/mol. The van der Waals surface area contributed by atoms with Crippen molar-refractivity contribution in [2.24, 2.45) is 0 Å². The molecule has 1 saturated carbocycles. The van der Waals surface area contributed by atoms with Crippen LogP contribution < -0.4 is 20.1 Å². The van der Waals surface area contributed by atoms with Crippen molar-refractivity contribution in [2.75, 3.05) is 51.0 Å². The summed E-state index contributed by atoms with van der Waals surface area (Å²) in [5.41, 5.74) is 13.2. The minimum atomic E-state index is 0.258. The van der Waals surface area contributed by atoms with E-state index in [0.29, 0.717) is 18.3 Å². The number of fused-ring (bicyclic) bond motifs is 2. The molecule has 246 valence electrons. The van der Waals surface area contributed by atoms with Crippen LogP contribution in [0.4, 0.5) is 11.5 Å². The summed E-state index contributed by atoms with van der Waals surface area (Å²) in [5, 5.41) is 6.00. The van der Waals surface area contributed by atoms with E-state index in [1.165, 1.54) is 5.69 Å². The third-order valence-electron chi connectivity index (χ3n) is 10.2. The Morgan fingerprint density at radius 3 is 2.40 bits per heavy atom. The van der Waals surface area contributed by atoms with E-state index in [4.69, 9.17) is 30.3 Å². The van der Waals surface area contributed by atoms with Gasteiger partial charge in [-0.15, -0.1) is 0 Å². The molecule has 8 rings (SSSR count). The number of piperazine rings is 1. The fourth-order valence-electron chi connectivity index (χ4n) is 7.58. The van der Waals surface area contributed by atoms with Gasteiger partial charge in [0.2, 0.25) is 0 Å². The van der Waals surface area contributed by atoms with Crippen LogP contribution in [0, 0.1) is 0 Å². The molecule has 3 aromatic carbocycles. The van der Waals surface area contributed by atoms with Crippen LogP contribution in [0.15, 0.2) is 73.1 Å². The van der Waals surface area contributed by atoms with Crippen molar-refractivity contribution >= 4 is 33.6 Å². The number of methoxy groups -OCH3 is 2. The summed E-state index contributed by atoms with van der Waals surface area (Å²) in [4.78, 5) is 22.6. The molecule has 0 spiro atoms. The highest BCUT2D eigenvalue weighted by molar-refractivity contribution is 5.99. The van der Waals surface area contributed by atoms with Gasteiger partial charge in [-0.1, -0.05) is 24.3 Å². The molecule has 1 saturated heterocycles. The molecule has 0 unspecified atom stereocenters. The van der Waals surface area contributed by atoms with Gasteiger partial charge in [-0.2, -0.15) is 5.10 Å². The number of hydrogen-bond donors (Lipinski definition) is 2. The van der Waals surface area contributed by atoms with Gasteiger partial charge in [-0.3, -0.25) is 4.90 Å². The molecule has 0 bridgehead atoms. The lowest BCUT2D eigenvalue weighted by atomic mass is 9.90. The summed E-state index contributed by atoms with van der Waals surface area (Å²) in [6, 6.07) is 23.5. The number of ether oxygens (including phenoxy) is 2. The average molecular weight is 644 g/mol. The molecule has 11 heteroatoms. The van der Waals surface area contributed by atoms with Crippen molar-refractivity contribution in [3.05, 3.63) is 84.4 Å². The Balaban J connectivity index is 0.984. The second-order valence-electron chi connectivity index (χ2n) is 12.8. The fraction of sp³-hybridized carbons (Fsp3) is 0.351. The van der Waals surface area contributed by atoms with Gasteiger partial charge in [0.1, 0.15) is 35.2 Å². The van der Waals surface area contributed by atoms with Gasteiger partial charge in [0.15, 0.2) is 5.65 Å². The Bertz CT molecular complexity index is 2040. The number of aromatic nitrogens is 6. The summed E-state index contributed by atoms with van der Waals surface area (Å²) in [7, 11) is 3.41. The molecular weight excluding hydrogens is 602 g/mol. The van der Waals surface area contributed by atoms with Gasteiger partial charge in [0.05, 0.1) is 36.7 Å². The standard InChI is InChI=1S/C37H41N9O2/c1-47-29-14-12-27(13-15-29)45-19-17-44(18-20-45)26-8-10-28(11-9-26)46-37-34(36(38)39-23-40-37)35(43-46)25-7-16-30-31(21-25)42-33(41-30)22-24-5-3-4-6-32(24)48-2/h3-7,12-16,21,23,26,28H,8-11,17-20,22H2,1-2H3,(H,41,42)(H2,38,39,40). The second-order valence-corrected chi connectivity index (χ2v) is 12.8. The zero-order valence-electron chi connectivity index (χ0n) is 27.5. The first-order valence-electron chi connectivity index (χ1n) is 16.8. The first kappa shape index (κ1) is 30.2. The number of nitrogens with one attached hydrogen (secondary N) is 1. The van der Waals surface area contributed by atoms with Crippen LogP contribution in [0.5, 0.6) is 11.5 Å². The smallest absolute Gasteiger partial charge is 0.164 e. The maximum absolute atomic E-state index is 6.50. The lowest BCUT2D eigenvalue weighted by Crippen LogP contribution is -2.51. The van der Waals surface area contributed by atoms with E-state index in [1.54, 1.807) is 20.5 Å². The van der Waals surface area contributed by atoms with Crippen molar-refractivity contribution in [1.29, 1.82) is 0 Å². The number of rotatable bonds is 8.